The minimum Gasteiger partial charge on any atom is -0.507 e. The van der Waals surface area contributed by atoms with Gasteiger partial charge in [0.1, 0.15) is 5.75 Å². The fourth-order valence-electron chi connectivity index (χ4n) is 3.59. The van der Waals surface area contributed by atoms with Crippen LogP contribution >= 0.6 is 0 Å². The van der Waals surface area contributed by atoms with E-state index < -0.39 is 11.2 Å². The Kier molecular flexibility index (Phi) is 5.89. The smallest absolute Gasteiger partial charge is 0.332 e. The molecule has 0 aliphatic carbocycles. The number of hydrazone groups is 1. The van der Waals surface area contributed by atoms with E-state index in [9.17, 15) is 14.7 Å². The quantitative estimate of drug-likeness (QED) is 0.344. The van der Waals surface area contributed by atoms with E-state index in [1.165, 1.54) is 23.4 Å². The van der Waals surface area contributed by atoms with E-state index in [0.717, 1.165) is 17.4 Å². The van der Waals surface area contributed by atoms with E-state index in [4.69, 9.17) is 0 Å². The van der Waals surface area contributed by atoms with Gasteiger partial charge in [-0.1, -0.05) is 42.5 Å². The zero-order valence-electron chi connectivity index (χ0n) is 17.9. The summed E-state index contributed by atoms with van der Waals surface area (Å²) in [5.41, 5.74) is 4.38. The van der Waals surface area contributed by atoms with Crippen molar-refractivity contribution in [2.24, 2.45) is 19.2 Å². The third-order valence-electron chi connectivity index (χ3n) is 5.34. The lowest BCUT2D eigenvalue weighted by atomic mass is 10.1. The second-order valence-electron chi connectivity index (χ2n) is 7.48. The lowest BCUT2D eigenvalue weighted by Crippen LogP contribution is -2.37. The monoisotopic (exact) mass is 432 g/mol. The fraction of sp³-hybridized carbons (Fsp3) is 0.217. The topological polar surface area (TPSA) is 106 Å². The minimum absolute atomic E-state index is 0.102. The minimum atomic E-state index is -0.444. The highest BCUT2D eigenvalue weighted by atomic mass is 16.3. The van der Waals surface area contributed by atoms with Gasteiger partial charge in [-0.2, -0.15) is 10.1 Å². The van der Waals surface area contributed by atoms with Gasteiger partial charge in [0.05, 0.1) is 6.21 Å². The molecule has 9 nitrogen and oxygen atoms in total. The molecule has 0 atom stereocenters. The van der Waals surface area contributed by atoms with Crippen molar-refractivity contribution in [2.45, 2.75) is 19.4 Å². The Bertz CT molecular complexity index is 1400. The van der Waals surface area contributed by atoms with Crippen molar-refractivity contribution in [3.8, 4) is 5.75 Å². The maximum Gasteiger partial charge on any atom is 0.332 e. The van der Waals surface area contributed by atoms with Gasteiger partial charge < -0.3 is 9.67 Å². The van der Waals surface area contributed by atoms with Crippen LogP contribution in [-0.4, -0.2) is 30.0 Å². The van der Waals surface area contributed by atoms with E-state index >= 15 is 0 Å². The van der Waals surface area contributed by atoms with Crippen LogP contribution in [-0.2, 0) is 27.1 Å². The summed E-state index contributed by atoms with van der Waals surface area (Å²) >= 11 is 0. The molecule has 2 aromatic heterocycles. The molecule has 2 heterocycles. The molecule has 164 valence electrons. The van der Waals surface area contributed by atoms with Crippen LogP contribution in [0.1, 0.15) is 17.5 Å². The number of para-hydroxylation sites is 1. The number of hydrogen-bond donors (Lipinski definition) is 2. The number of aromatic hydroxyl groups is 1. The Morgan fingerprint density at radius 3 is 2.50 bits per heavy atom. The predicted molar refractivity (Wildman–Crippen MR) is 124 cm³/mol. The van der Waals surface area contributed by atoms with Gasteiger partial charge in [-0.3, -0.25) is 13.9 Å². The fourth-order valence-corrected chi connectivity index (χ4v) is 3.59. The lowest BCUT2D eigenvalue weighted by Gasteiger charge is -2.09. The maximum absolute atomic E-state index is 12.9. The van der Waals surface area contributed by atoms with Gasteiger partial charge in [-0.15, -0.1) is 0 Å². The molecule has 0 saturated heterocycles. The molecule has 4 rings (SSSR count). The summed E-state index contributed by atoms with van der Waals surface area (Å²) in [7, 11) is 3.04. The van der Waals surface area contributed by atoms with Gasteiger partial charge in [0.25, 0.3) is 5.56 Å². The van der Waals surface area contributed by atoms with Crippen LogP contribution in [0.2, 0.25) is 0 Å². The number of nitrogens with zero attached hydrogens (tertiary/aromatic N) is 5. The summed E-state index contributed by atoms with van der Waals surface area (Å²) in [5.74, 6) is 0.448. The normalized spacial score (nSPS) is 11.4. The molecule has 2 N–H and O–H groups in total. The van der Waals surface area contributed by atoms with Gasteiger partial charge >= 0.3 is 5.69 Å². The number of aromatic nitrogens is 4. The Hall–Kier alpha value is -4.14. The molecule has 4 aromatic rings. The van der Waals surface area contributed by atoms with Crippen molar-refractivity contribution in [3.05, 3.63) is 86.6 Å². The molecular weight excluding hydrogens is 408 g/mol. The highest BCUT2D eigenvalue weighted by Crippen LogP contribution is 2.18. The van der Waals surface area contributed by atoms with E-state index in [2.05, 4.69) is 27.6 Å². The molecule has 0 amide bonds. The molecule has 0 saturated carbocycles. The first-order valence-electron chi connectivity index (χ1n) is 10.2. The Morgan fingerprint density at radius 1 is 1.03 bits per heavy atom. The van der Waals surface area contributed by atoms with Crippen molar-refractivity contribution in [1.82, 2.24) is 18.7 Å². The highest BCUT2D eigenvalue weighted by Gasteiger charge is 2.18. The number of imidazole rings is 1. The first-order valence-corrected chi connectivity index (χ1v) is 10.2. The van der Waals surface area contributed by atoms with E-state index in [1.54, 1.807) is 35.9 Å². The number of rotatable bonds is 7. The number of anilines is 1. The van der Waals surface area contributed by atoms with E-state index in [1.807, 2.05) is 18.2 Å². The Labute approximate surface area is 183 Å². The number of phenols is 1. The third-order valence-corrected chi connectivity index (χ3v) is 5.34. The van der Waals surface area contributed by atoms with Gasteiger partial charge in [-0.25, -0.2) is 10.2 Å². The molecule has 0 bridgehead atoms. The van der Waals surface area contributed by atoms with Crippen molar-refractivity contribution in [2.75, 3.05) is 5.43 Å². The van der Waals surface area contributed by atoms with Crippen molar-refractivity contribution in [3.63, 3.8) is 0 Å². The number of phenolic OH excluding ortho intramolecular Hbond substituents is 1. The molecule has 0 aliphatic rings. The number of benzene rings is 2. The van der Waals surface area contributed by atoms with Crippen LogP contribution in [0, 0.1) is 0 Å². The SMILES string of the molecule is Cn1c(=O)c2c(nc(NN=Cc3ccccc3O)n2CCCc2ccccc2)n(C)c1=O. The van der Waals surface area contributed by atoms with Gasteiger partial charge in [0.2, 0.25) is 5.95 Å². The van der Waals surface area contributed by atoms with Gasteiger partial charge in [0, 0.05) is 26.2 Å². The number of fused-ring (bicyclic) bond motifs is 1. The summed E-state index contributed by atoms with van der Waals surface area (Å²) in [6.07, 6.45) is 3.06. The Morgan fingerprint density at radius 2 is 1.75 bits per heavy atom. The van der Waals surface area contributed by atoms with E-state index in [0.29, 0.717) is 23.6 Å². The third kappa shape index (κ3) is 4.04. The molecule has 0 fully saturated rings. The molecule has 0 spiro atoms. The lowest BCUT2D eigenvalue weighted by molar-refractivity contribution is 0.474. The molecule has 0 aliphatic heterocycles. The summed E-state index contributed by atoms with van der Waals surface area (Å²) in [4.78, 5) is 29.7. The average molecular weight is 432 g/mol. The van der Waals surface area contributed by atoms with Gasteiger partial charge in [-0.05, 0) is 30.5 Å². The first kappa shape index (κ1) is 21.1. The van der Waals surface area contributed by atoms with Gasteiger partial charge in [0.15, 0.2) is 11.2 Å². The molecule has 0 unspecified atom stereocenters. The molecule has 0 radical (unpaired) electrons. The molecule has 9 heteroatoms. The first-order chi connectivity index (χ1) is 15.5. The average Bonchev–Trinajstić information content (AvgIpc) is 3.17. The van der Waals surface area contributed by atoms with Crippen LogP contribution < -0.4 is 16.7 Å². The van der Waals surface area contributed by atoms with Crippen LogP contribution in [0.3, 0.4) is 0 Å². The zero-order chi connectivity index (χ0) is 22.7. The van der Waals surface area contributed by atoms with Crippen LogP contribution in [0.15, 0.2) is 69.3 Å². The summed E-state index contributed by atoms with van der Waals surface area (Å²) in [6.45, 7) is 0.507. The highest BCUT2D eigenvalue weighted by molar-refractivity contribution is 5.83. The van der Waals surface area contributed by atoms with E-state index in [-0.39, 0.29) is 11.4 Å². The van der Waals surface area contributed by atoms with Crippen molar-refractivity contribution >= 4 is 23.3 Å². The van der Waals surface area contributed by atoms with Crippen LogP contribution in [0.4, 0.5) is 5.95 Å². The zero-order valence-corrected chi connectivity index (χ0v) is 17.9. The molecule has 2 aromatic carbocycles. The molecule has 32 heavy (non-hydrogen) atoms. The maximum atomic E-state index is 12.9. The summed E-state index contributed by atoms with van der Waals surface area (Å²) in [6, 6.07) is 16.9. The number of aryl methyl sites for hydroxylation is 3. The largest absolute Gasteiger partial charge is 0.507 e. The van der Waals surface area contributed by atoms with Crippen molar-refractivity contribution < 1.29 is 5.11 Å². The van der Waals surface area contributed by atoms with Crippen LogP contribution in [0.5, 0.6) is 5.75 Å². The van der Waals surface area contributed by atoms with Crippen molar-refractivity contribution in [1.29, 1.82) is 0 Å². The predicted octanol–water partition coefficient (Wildman–Crippen LogP) is 2.22. The second kappa shape index (κ2) is 8.93. The summed E-state index contributed by atoms with van der Waals surface area (Å²) < 4.78 is 4.18. The number of hydrogen-bond acceptors (Lipinski definition) is 6. The standard InChI is InChI=1S/C23H24N6O3/c1-27-20-19(21(31)28(2)23(27)32)29(14-8-11-16-9-4-3-5-10-16)22(25-20)26-24-15-17-12-6-7-13-18(17)30/h3-7,9-10,12-13,15,30H,8,11,14H2,1-2H3,(H,25,26). The molecular formula is C23H24N6O3. The second-order valence-corrected chi connectivity index (χ2v) is 7.48. The number of nitrogens with one attached hydrogen (secondary N) is 1. The van der Waals surface area contributed by atoms with Crippen LogP contribution in [0.25, 0.3) is 11.2 Å². The summed E-state index contributed by atoms with van der Waals surface area (Å²) in [5, 5.41) is 14.1. The Balaban J connectivity index is 1.70.